The van der Waals surface area contributed by atoms with Crippen molar-refractivity contribution in [3.63, 3.8) is 0 Å². The van der Waals surface area contributed by atoms with E-state index in [1.165, 1.54) is 11.1 Å². The van der Waals surface area contributed by atoms with Gasteiger partial charge in [-0.2, -0.15) is 0 Å². The average Bonchev–Trinajstić information content (AvgIpc) is 3.59. The number of likely N-dealkylation sites (N-methyl/N-ethyl adjacent to an activating group) is 2. The summed E-state index contributed by atoms with van der Waals surface area (Å²) in [6.45, 7) is 9.58. The summed E-state index contributed by atoms with van der Waals surface area (Å²) in [6, 6.07) is 14.4. The summed E-state index contributed by atoms with van der Waals surface area (Å²) in [5, 5.41) is 13.3. The molecule has 3 aromatic rings. The number of hydrazine groups is 1. The van der Waals surface area contributed by atoms with Crippen LogP contribution in [0.2, 0.25) is 0 Å². The van der Waals surface area contributed by atoms with Crippen LogP contribution in [0.1, 0.15) is 36.2 Å². The molecule has 2 heterocycles. The fourth-order valence-electron chi connectivity index (χ4n) is 4.46. The van der Waals surface area contributed by atoms with Crippen LogP contribution in [0.3, 0.4) is 0 Å². The summed E-state index contributed by atoms with van der Waals surface area (Å²) in [6.07, 6.45) is 0.906. The Morgan fingerprint density at radius 3 is 2.38 bits per heavy atom. The van der Waals surface area contributed by atoms with E-state index in [2.05, 4.69) is 41.1 Å². The number of halogens is 2. The van der Waals surface area contributed by atoms with Crippen molar-refractivity contribution in [3.8, 4) is 10.6 Å². The number of aromatic nitrogens is 1. The first-order valence-electron chi connectivity index (χ1n) is 13.3. The molecule has 0 atom stereocenters. The summed E-state index contributed by atoms with van der Waals surface area (Å²) < 4.78 is 0. The van der Waals surface area contributed by atoms with E-state index >= 15 is 0 Å². The maximum absolute atomic E-state index is 13.3. The first-order chi connectivity index (χ1) is 18.4. The van der Waals surface area contributed by atoms with E-state index in [1.807, 2.05) is 43.1 Å². The Labute approximate surface area is 253 Å². The Balaban J connectivity index is 0.00000280. The number of nitrogens with zero attached hydrogens (tertiary/aromatic N) is 4. The van der Waals surface area contributed by atoms with Crippen molar-refractivity contribution < 1.29 is 9.59 Å². The van der Waals surface area contributed by atoms with Crippen molar-refractivity contribution in [3.05, 3.63) is 70.2 Å². The summed E-state index contributed by atoms with van der Waals surface area (Å²) >= 11 is 1.63. The second-order valence-corrected chi connectivity index (χ2v) is 10.4. The fourth-order valence-corrected chi connectivity index (χ4v) is 5.36. The van der Waals surface area contributed by atoms with Crippen molar-refractivity contribution in [1.29, 1.82) is 0 Å². The molecule has 0 saturated carbocycles. The number of nitrogens with one attached hydrogen (secondary N) is 2. The van der Waals surface area contributed by atoms with Gasteiger partial charge in [0.2, 0.25) is 5.91 Å². The zero-order valence-corrected chi connectivity index (χ0v) is 26.1. The highest BCUT2D eigenvalue weighted by Gasteiger charge is 2.27. The van der Waals surface area contributed by atoms with Gasteiger partial charge in [0.05, 0.1) is 12.2 Å². The Hall–Kier alpha value is -2.69. The highest BCUT2D eigenvalue weighted by Crippen LogP contribution is 2.28. The number of rotatable bonds is 12. The number of carbonyl (C=O) groups excluding carboxylic acids is 2. The van der Waals surface area contributed by atoms with E-state index in [0.717, 1.165) is 40.5 Å². The molecule has 0 saturated heterocycles. The molecule has 4 rings (SSSR count). The number of fused-ring (bicyclic) bond motifs is 1. The van der Waals surface area contributed by atoms with Gasteiger partial charge in [0, 0.05) is 49.9 Å². The molecule has 1 aliphatic rings. The molecule has 40 heavy (non-hydrogen) atoms. The molecule has 218 valence electrons. The standard InChI is InChI=1S/C29H38N6O2S.2ClH/c1-5-25-20-38-29(32-25)22-12-11-21(3)26(15-22)31-16-27(36)34(14-13-30-6-2)19-28(37)33(4)35-17-23-9-7-8-10-24(23)18-35;;/h7-12,15,20,30-31H,5-6,13-14,16-19H2,1-4H3;2*1H. The lowest BCUT2D eigenvalue weighted by Gasteiger charge is -2.31. The molecule has 11 heteroatoms. The van der Waals surface area contributed by atoms with Gasteiger partial charge in [-0.05, 0) is 42.6 Å². The number of thiazole rings is 1. The minimum atomic E-state index is -0.110. The first kappa shape index (κ1) is 33.5. The third-order valence-corrected chi connectivity index (χ3v) is 7.87. The Morgan fingerprint density at radius 2 is 1.75 bits per heavy atom. The molecule has 2 N–H and O–H groups in total. The van der Waals surface area contributed by atoms with Crippen LogP contribution < -0.4 is 10.6 Å². The van der Waals surface area contributed by atoms with Gasteiger partial charge in [0.1, 0.15) is 11.6 Å². The van der Waals surface area contributed by atoms with Crippen LogP contribution in [0.15, 0.2) is 47.8 Å². The van der Waals surface area contributed by atoms with Gasteiger partial charge in [-0.1, -0.05) is 50.2 Å². The quantitative estimate of drug-likeness (QED) is 0.289. The number of hydrogen-bond acceptors (Lipinski definition) is 7. The van der Waals surface area contributed by atoms with Crippen molar-refractivity contribution in [2.24, 2.45) is 0 Å². The Bertz CT molecular complexity index is 1250. The van der Waals surface area contributed by atoms with Gasteiger partial charge in [0.25, 0.3) is 5.91 Å². The predicted octanol–water partition coefficient (Wildman–Crippen LogP) is 4.76. The van der Waals surface area contributed by atoms with Crippen LogP contribution in [-0.4, -0.2) is 71.5 Å². The third-order valence-electron chi connectivity index (χ3n) is 6.93. The van der Waals surface area contributed by atoms with Gasteiger partial charge < -0.3 is 15.5 Å². The minimum Gasteiger partial charge on any atom is -0.376 e. The van der Waals surface area contributed by atoms with Gasteiger partial charge in [-0.25, -0.2) is 9.99 Å². The summed E-state index contributed by atoms with van der Waals surface area (Å²) in [5.41, 5.74) is 6.53. The van der Waals surface area contributed by atoms with Gasteiger partial charge in [-0.3, -0.25) is 14.6 Å². The smallest absolute Gasteiger partial charge is 0.256 e. The molecule has 0 aliphatic carbocycles. The number of anilines is 1. The first-order valence-corrected chi connectivity index (χ1v) is 14.1. The number of aryl methyl sites for hydroxylation is 2. The highest BCUT2D eigenvalue weighted by molar-refractivity contribution is 7.13. The lowest BCUT2D eigenvalue weighted by atomic mass is 10.1. The summed E-state index contributed by atoms with van der Waals surface area (Å²) in [4.78, 5) is 32.9. The molecule has 0 spiro atoms. The maximum Gasteiger partial charge on any atom is 0.256 e. The molecule has 0 unspecified atom stereocenters. The van der Waals surface area contributed by atoms with Gasteiger partial charge in [0.15, 0.2) is 0 Å². The van der Waals surface area contributed by atoms with Crippen molar-refractivity contribution in [2.45, 2.75) is 40.3 Å². The molecular weight excluding hydrogens is 567 g/mol. The summed E-state index contributed by atoms with van der Waals surface area (Å²) in [5.74, 6) is -0.210. The van der Waals surface area contributed by atoms with Crippen molar-refractivity contribution in [2.75, 3.05) is 45.1 Å². The number of amides is 2. The van der Waals surface area contributed by atoms with Gasteiger partial charge >= 0.3 is 0 Å². The molecule has 1 aliphatic heterocycles. The van der Waals surface area contributed by atoms with Crippen LogP contribution in [0.25, 0.3) is 10.6 Å². The predicted molar refractivity (Wildman–Crippen MR) is 168 cm³/mol. The topological polar surface area (TPSA) is 80.8 Å². The van der Waals surface area contributed by atoms with Crippen LogP contribution in [0.5, 0.6) is 0 Å². The Morgan fingerprint density at radius 1 is 1.05 bits per heavy atom. The van der Waals surface area contributed by atoms with E-state index < -0.39 is 0 Å². The normalized spacial score (nSPS) is 12.2. The molecule has 2 amide bonds. The van der Waals surface area contributed by atoms with E-state index in [0.29, 0.717) is 26.2 Å². The maximum atomic E-state index is 13.3. The Kier molecular flexibility index (Phi) is 13.3. The number of benzene rings is 2. The highest BCUT2D eigenvalue weighted by atomic mass is 35.5. The SMILES string of the molecule is CCNCCN(CC(=O)N(C)N1Cc2ccccc2C1)C(=O)CNc1cc(-c2nc(CC)cs2)ccc1C.Cl.Cl. The zero-order chi connectivity index (χ0) is 27.1. The lowest BCUT2D eigenvalue weighted by molar-refractivity contribution is -0.151. The molecule has 0 fully saturated rings. The average molecular weight is 608 g/mol. The van der Waals surface area contributed by atoms with Crippen LogP contribution in [0.4, 0.5) is 5.69 Å². The van der Waals surface area contributed by atoms with Crippen molar-refractivity contribution in [1.82, 2.24) is 25.2 Å². The molecule has 2 aromatic carbocycles. The van der Waals surface area contributed by atoms with Crippen molar-refractivity contribution >= 4 is 53.7 Å². The second-order valence-electron chi connectivity index (χ2n) is 9.56. The van der Waals surface area contributed by atoms with Gasteiger partial charge in [-0.15, -0.1) is 36.2 Å². The van der Waals surface area contributed by atoms with E-state index in [1.54, 1.807) is 28.3 Å². The molecule has 8 nitrogen and oxygen atoms in total. The number of hydrogen-bond donors (Lipinski definition) is 2. The van der Waals surface area contributed by atoms with Crippen LogP contribution >= 0.6 is 36.2 Å². The van der Waals surface area contributed by atoms with E-state index in [9.17, 15) is 9.59 Å². The second kappa shape index (κ2) is 15.9. The minimum absolute atomic E-state index is 0. The lowest BCUT2D eigenvalue weighted by Crippen LogP contribution is -2.49. The van der Waals surface area contributed by atoms with E-state index in [-0.39, 0.29) is 49.7 Å². The molecule has 1 aromatic heterocycles. The zero-order valence-electron chi connectivity index (χ0n) is 23.6. The van der Waals surface area contributed by atoms with Crippen LogP contribution in [-0.2, 0) is 29.1 Å². The fraction of sp³-hybridized carbons (Fsp3) is 0.414. The number of carbonyl (C=O) groups is 2. The van der Waals surface area contributed by atoms with E-state index in [4.69, 9.17) is 4.98 Å². The molecule has 0 bridgehead atoms. The largest absolute Gasteiger partial charge is 0.376 e. The third kappa shape index (κ3) is 8.41. The monoisotopic (exact) mass is 606 g/mol. The molecular formula is C29H40Cl2N6O2S. The molecule has 0 radical (unpaired) electrons. The summed E-state index contributed by atoms with van der Waals surface area (Å²) in [7, 11) is 1.79. The van der Waals surface area contributed by atoms with Crippen LogP contribution in [0, 0.1) is 6.92 Å².